The number of aromatic nitrogens is 4. The Morgan fingerprint density at radius 1 is 1.05 bits per heavy atom. The second-order valence-electron chi connectivity index (χ2n) is 10.3. The van der Waals surface area contributed by atoms with E-state index in [2.05, 4.69) is 34.7 Å². The maximum atomic E-state index is 12.6. The van der Waals surface area contributed by atoms with Crippen molar-refractivity contribution in [3.63, 3.8) is 0 Å². The lowest BCUT2D eigenvalue weighted by Crippen LogP contribution is -2.49. The van der Waals surface area contributed by atoms with Gasteiger partial charge in [-0.3, -0.25) is 9.59 Å². The molecule has 3 rings (SSSR count). The molecule has 1 aliphatic heterocycles. The molecule has 0 radical (unpaired) electrons. The lowest BCUT2D eigenvalue weighted by Gasteiger charge is -2.34. The molecule has 1 unspecified atom stereocenters. The highest BCUT2D eigenvalue weighted by atomic mass is 35.5. The van der Waals surface area contributed by atoms with E-state index in [0.29, 0.717) is 43.8 Å². The average molecular weight is 588 g/mol. The van der Waals surface area contributed by atoms with Crippen LogP contribution in [-0.4, -0.2) is 90.7 Å². The Morgan fingerprint density at radius 3 is 2.39 bits per heavy atom. The van der Waals surface area contributed by atoms with Gasteiger partial charge in [-0.2, -0.15) is 5.10 Å². The molecule has 3 heterocycles. The van der Waals surface area contributed by atoms with Crippen LogP contribution in [0.4, 0.5) is 5.95 Å². The molecule has 1 aliphatic rings. The van der Waals surface area contributed by atoms with Gasteiger partial charge in [0, 0.05) is 40.9 Å². The Balaban J connectivity index is 1.35. The van der Waals surface area contributed by atoms with Gasteiger partial charge in [0.1, 0.15) is 12.8 Å². The van der Waals surface area contributed by atoms with Crippen LogP contribution in [0.15, 0.2) is 23.4 Å². The molecular formula is C24H36Cl2N6O5Si. The maximum absolute atomic E-state index is 12.6. The number of anilines is 1. The lowest BCUT2D eigenvalue weighted by atomic mass is 10.3. The Morgan fingerprint density at radius 2 is 1.74 bits per heavy atom. The minimum atomic E-state index is -1.21. The van der Waals surface area contributed by atoms with Gasteiger partial charge in [0.05, 0.1) is 43.2 Å². The molecule has 1 amide bonds. The van der Waals surface area contributed by atoms with Gasteiger partial charge in [0.15, 0.2) is 10.8 Å². The number of rotatable bonds is 13. The predicted molar refractivity (Wildman–Crippen MR) is 149 cm³/mol. The first-order valence-electron chi connectivity index (χ1n) is 12.6. The summed E-state index contributed by atoms with van der Waals surface area (Å²) in [6.45, 7) is 12.1. The fourth-order valence-corrected chi connectivity index (χ4v) is 4.64. The number of hydrogen-bond donors (Lipinski definition) is 0. The summed E-state index contributed by atoms with van der Waals surface area (Å²) in [6, 6.07) is 0.996. The van der Waals surface area contributed by atoms with Crippen molar-refractivity contribution in [1.82, 2.24) is 24.6 Å². The van der Waals surface area contributed by atoms with Gasteiger partial charge in [0.25, 0.3) is 5.56 Å². The van der Waals surface area contributed by atoms with Crippen molar-refractivity contribution < 1.29 is 19.0 Å². The van der Waals surface area contributed by atoms with Crippen molar-refractivity contribution in [3.8, 4) is 5.75 Å². The molecule has 0 spiro atoms. The topological polar surface area (TPSA) is 112 Å². The third kappa shape index (κ3) is 9.49. The van der Waals surface area contributed by atoms with Gasteiger partial charge < -0.3 is 24.0 Å². The maximum Gasteiger partial charge on any atom is 0.291 e. The predicted octanol–water partition coefficient (Wildman–Crippen LogP) is 3.18. The van der Waals surface area contributed by atoms with Crippen LogP contribution < -0.4 is 15.2 Å². The fraction of sp³-hybridized carbons (Fsp3) is 0.625. The zero-order valence-corrected chi connectivity index (χ0v) is 24.9. The summed E-state index contributed by atoms with van der Waals surface area (Å²) in [7, 11) is -1.21. The van der Waals surface area contributed by atoms with Crippen molar-refractivity contribution in [2.45, 2.75) is 51.9 Å². The molecule has 1 fully saturated rings. The van der Waals surface area contributed by atoms with E-state index in [9.17, 15) is 9.59 Å². The molecule has 1 atom stereocenters. The number of ether oxygens (including phenoxy) is 3. The van der Waals surface area contributed by atoms with Crippen LogP contribution >= 0.6 is 23.2 Å². The molecule has 14 heteroatoms. The van der Waals surface area contributed by atoms with Crippen molar-refractivity contribution in [1.29, 1.82) is 0 Å². The second kappa shape index (κ2) is 14.2. The largest absolute Gasteiger partial charge is 0.485 e. The van der Waals surface area contributed by atoms with Crippen LogP contribution in [0, 0.1) is 0 Å². The molecule has 38 heavy (non-hydrogen) atoms. The van der Waals surface area contributed by atoms with Crippen LogP contribution in [0.3, 0.4) is 0 Å². The zero-order chi connectivity index (χ0) is 27.7. The molecule has 1 saturated heterocycles. The normalized spacial score (nSPS) is 15.0. The van der Waals surface area contributed by atoms with E-state index < -0.39 is 19.7 Å². The molecular weight excluding hydrogens is 551 g/mol. The Bertz CT molecular complexity index is 1110. The number of nitrogens with zero attached hydrogens (tertiary/aromatic N) is 6. The molecule has 11 nitrogen and oxygen atoms in total. The number of piperazine rings is 1. The van der Waals surface area contributed by atoms with Gasteiger partial charge in [-0.1, -0.05) is 42.8 Å². The summed E-state index contributed by atoms with van der Waals surface area (Å²) in [5.41, 5.74) is -0.474. The van der Waals surface area contributed by atoms with E-state index in [-0.39, 0.29) is 43.0 Å². The van der Waals surface area contributed by atoms with Crippen LogP contribution in [0.25, 0.3) is 0 Å². The quantitative estimate of drug-likeness (QED) is 0.258. The summed E-state index contributed by atoms with van der Waals surface area (Å²) >= 11 is 12.1. The van der Waals surface area contributed by atoms with E-state index in [0.717, 1.165) is 6.04 Å². The zero-order valence-electron chi connectivity index (χ0n) is 22.4. The van der Waals surface area contributed by atoms with Crippen LogP contribution in [0.2, 0.25) is 35.7 Å². The molecule has 0 aromatic carbocycles. The van der Waals surface area contributed by atoms with Gasteiger partial charge in [-0.25, -0.2) is 14.6 Å². The molecule has 2 aromatic rings. The van der Waals surface area contributed by atoms with Gasteiger partial charge in [-0.05, 0) is 13.0 Å². The van der Waals surface area contributed by atoms with Crippen LogP contribution in [-0.2, 0) is 21.0 Å². The molecule has 0 bridgehead atoms. The SMILES string of the molecule is CC(COCCC(=O)N1CCN(c2ncc(Cl)cn2)CC1)Oc1cnn(COCC[Si](C)(C)C)c(=O)c1Cl. The number of halogens is 2. The highest BCUT2D eigenvalue weighted by Crippen LogP contribution is 2.20. The number of carbonyl (C=O) groups is 1. The summed E-state index contributed by atoms with van der Waals surface area (Å²) in [4.78, 5) is 37.3. The van der Waals surface area contributed by atoms with E-state index in [1.165, 1.54) is 10.9 Å². The van der Waals surface area contributed by atoms with E-state index in [1.807, 2.05) is 9.80 Å². The van der Waals surface area contributed by atoms with Crippen molar-refractivity contribution in [3.05, 3.63) is 39.0 Å². The van der Waals surface area contributed by atoms with Crippen molar-refractivity contribution in [2.24, 2.45) is 0 Å². The highest BCUT2D eigenvalue weighted by molar-refractivity contribution is 6.76. The van der Waals surface area contributed by atoms with Crippen molar-refractivity contribution in [2.75, 3.05) is 50.9 Å². The van der Waals surface area contributed by atoms with Crippen LogP contribution in [0.1, 0.15) is 13.3 Å². The van der Waals surface area contributed by atoms with Crippen molar-refractivity contribution >= 4 is 43.1 Å². The standard InChI is InChI=1S/C24H36Cl2N6O5Si/c1-18(37-20-15-29-32(23(34)22(20)26)17-36-11-12-38(2,3)4)16-35-10-5-21(33)30-6-8-31(9-7-30)24-27-13-19(25)14-28-24/h13-15,18H,5-12,16-17H2,1-4H3. The second-order valence-corrected chi connectivity index (χ2v) is 16.7. The monoisotopic (exact) mass is 586 g/mol. The third-order valence-electron chi connectivity index (χ3n) is 5.83. The summed E-state index contributed by atoms with van der Waals surface area (Å²) in [6.07, 6.45) is 4.40. The molecule has 210 valence electrons. The van der Waals surface area contributed by atoms with E-state index in [4.69, 9.17) is 37.4 Å². The Hall–Kier alpha value is -2.25. The first-order chi connectivity index (χ1) is 18.0. The Labute approximate surface area is 234 Å². The summed E-state index contributed by atoms with van der Waals surface area (Å²) in [5, 5.41) is 4.53. The first kappa shape index (κ1) is 30.3. The van der Waals surface area contributed by atoms with E-state index in [1.54, 1.807) is 19.3 Å². The number of hydrogen-bond acceptors (Lipinski definition) is 9. The highest BCUT2D eigenvalue weighted by Gasteiger charge is 2.22. The third-order valence-corrected chi connectivity index (χ3v) is 8.07. The first-order valence-corrected chi connectivity index (χ1v) is 17.1. The summed E-state index contributed by atoms with van der Waals surface area (Å²) in [5.74, 6) is 0.820. The van der Waals surface area contributed by atoms with Gasteiger partial charge >= 0.3 is 0 Å². The van der Waals surface area contributed by atoms with Crippen LogP contribution in [0.5, 0.6) is 5.75 Å². The lowest BCUT2D eigenvalue weighted by molar-refractivity contribution is -0.132. The minimum Gasteiger partial charge on any atom is -0.485 e. The van der Waals surface area contributed by atoms with Gasteiger partial charge in [0.2, 0.25) is 11.9 Å². The van der Waals surface area contributed by atoms with E-state index >= 15 is 0 Å². The average Bonchev–Trinajstić information content (AvgIpc) is 2.88. The number of carbonyl (C=O) groups excluding carboxylic acids is 1. The molecule has 0 aliphatic carbocycles. The van der Waals surface area contributed by atoms with Gasteiger partial charge in [-0.15, -0.1) is 0 Å². The summed E-state index contributed by atoms with van der Waals surface area (Å²) < 4.78 is 18.1. The molecule has 0 saturated carbocycles. The molecule has 2 aromatic heterocycles. The Kier molecular flexibility index (Phi) is 11.3. The molecule has 0 N–H and O–H groups in total. The number of amides is 1. The smallest absolute Gasteiger partial charge is 0.291 e. The fourth-order valence-electron chi connectivity index (χ4n) is 3.60. The minimum absolute atomic E-state index is 0.0261.